The van der Waals surface area contributed by atoms with E-state index in [1.165, 1.54) is 11.1 Å². The van der Waals surface area contributed by atoms with E-state index in [0.29, 0.717) is 44.3 Å². The highest BCUT2D eigenvalue weighted by Crippen LogP contribution is 2.25. The molecule has 6 heteroatoms. The van der Waals surface area contributed by atoms with Gasteiger partial charge in [0.2, 0.25) is 0 Å². The molecule has 0 radical (unpaired) electrons. The third kappa shape index (κ3) is 5.01. The van der Waals surface area contributed by atoms with Gasteiger partial charge in [-0.15, -0.1) is 0 Å². The summed E-state index contributed by atoms with van der Waals surface area (Å²) in [5.74, 6) is 0.334. The van der Waals surface area contributed by atoms with Gasteiger partial charge in [0.1, 0.15) is 0 Å². The standard InChI is InChI=1S/C25H31N3O3/c1-19(2)18-31-25(30)27-15-13-26(14-16-27)24(29)21-7-9-23(10-8-21)28-12-11-20-5-3-4-6-22(20)17-28/h3-10,19H,11-18H2,1-2H3. The molecule has 2 amide bonds. The molecular weight excluding hydrogens is 390 g/mol. The monoisotopic (exact) mass is 421 g/mol. The zero-order valence-corrected chi connectivity index (χ0v) is 18.4. The maximum absolute atomic E-state index is 12.9. The molecule has 4 rings (SSSR count). The zero-order chi connectivity index (χ0) is 21.8. The first-order chi connectivity index (χ1) is 15.0. The summed E-state index contributed by atoms with van der Waals surface area (Å²) >= 11 is 0. The summed E-state index contributed by atoms with van der Waals surface area (Å²) in [6, 6.07) is 16.5. The number of carbonyl (C=O) groups is 2. The van der Waals surface area contributed by atoms with Gasteiger partial charge in [0.05, 0.1) is 6.61 Å². The second-order valence-electron chi connectivity index (χ2n) is 8.74. The maximum Gasteiger partial charge on any atom is 0.409 e. The average molecular weight is 422 g/mol. The molecule has 0 saturated carbocycles. The van der Waals surface area contributed by atoms with E-state index in [1.807, 2.05) is 43.0 Å². The fraction of sp³-hybridized carbons (Fsp3) is 0.440. The lowest BCUT2D eigenvalue weighted by atomic mass is 9.99. The number of amides is 2. The molecule has 2 aromatic rings. The first kappa shape index (κ1) is 21.2. The number of hydrogen-bond donors (Lipinski definition) is 0. The van der Waals surface area contributed by atoms with Crippen LogP contribution in [0.1, 0.15) is 35.3 Å². The van der Waals surface area contributed by atoms with Crippen LogP contribution < -0.4 is 4.90 Å². The van der Waals surface area contributed by atoms with Crippen LogP contribution in [-0.2, 0) is 17.7 Å². The quantitative estimate of drug-likeness (QED) is 0.754. The number of benzene rings is 2. The van der Waals surface area contributed by atoms with Gasteiger partial charge in [0.15, 0.2) is 0 Å². The summed E-state index contributed by atoms with van der Waals surface area (Å²) in [7, 11) is 0. The number of hydrogen-bond acceptors (Lipinski definition) is 4. The molecule has 2 aliphatic heterocycles. The molecule has 31 heavy (non-hydrogen) atoms. The van der Waals surface area contributed by atoms with Crippen molar-refractivity contribution in [2.75, 3.05) is 44.2 Å². The van der Waals surface area contributed by atoms with Crippen molar-refractivity contribution in [2.24, 2.45) is 5.92 Å². The first-order valence-corrected chi connectivity index (χ1v) is 11.1. The topological polar surface area (TPSA) is 53.1 Å². The lowest BCUT2D eigenvalue weighted by molar-refractivity contribution is 0.0535. The largest absolute Gasteiger partial charge is 0.449 e. The van der Waals surface area contributed by atoms with Gasteiger partial charge < -0.3 is 19.4 Å². The van der Waals surface area contributed by atoms with Crippen molar-refractivity contribution >= 4 is 17.7 Å². The number of ether oxygens (including phenoxy) is 1. The molecule has 0 atom stereocenters. The van der Waals surface area contributed by atoms with Gasteiger partial charge in [0.25, 0.3) is 5.91 Å². The number of carbonyl (C=O) groups excluding carboxylic acids is 2. The van der Waals surface area contributed by atoms with Crippen molar-refractivity contribution < 1.29 is 14.3 Å². The second-order valence-corrected chi connectivity index (χ2v) is 8.74. The van der Waals surface area contributed by atoms with Crippen molar-refractivity contribution in [3.8, 4) is 0 Å². The SMILES string of the molecule is CC(C)COC(=O)N1CCN(C(=O)c2ccc(N3CCc4ccccc4C3)cc2)CC1. The lowest BCUT2D eigenvalue weighted by Gasteiger charge is -2.34. The Morgan fingerprint density at radius 3 is 2.19 bits per heavy atom. The van der Waals surface area contributed by atoms with Crippen LogP contribution in [0.2, 0.25) is 0 Å². The van der Waals surface area contributed by atoms with Gasteiger partial charge in [-0.3, -0.25) is 4.79 Å². The van der Waals surface area contributed by atoms with Gasteiger partial charge in [-0.25, -0.2) is 4.79 Å². The lowest BCUT2D eigenvalue weighted by Crippen LogP contribution is -2.50. The molecule has 0 spiro atoms. The normalized spacial score (nSPS) is 16.3. The number of anilines is 1. The maximum atomic E-state index is 12.9. The van der Waals surface area contributed by atoms with Gasteiger partial charge >= 0.3 is 6.09 Å². The minimum Gasteiger partial charge on any atom is -0.449 e. The summed E-state index contributed by atoms with van der Waals surface area (Å²) in [5.41, 5.74) is 4.64. The van der Waals surface area contributed by atoms with Gasteiger partial charge in [-0.2, -0.15) is 0 Å². The van der Waals surface area contributed by atoms with E-state index in [-0.39, 0.29) is 12.0 Å². The van der Waals surface area contributed by atoms with Crippen LogP contribution in [0.3, 0.4) is 0 Å². The van der Waals surface area contributed by atoms with Crippen LogP contribution in [0.5, 0.6) is 0 Å². The van der Waals surface area contributed by atoms with Crippen molar-refractivity contribution in [1.82, 2.24) is 9.80 Å². The van der Waals surface area contributed by atoms with E-state index in [4.69, 9.17) is 4.74 Å². The fourth-order valence-electron chi connectivity index (χ4n) is 4.13. The molecule has 0 aromatic heterocycles. The summed E-state index contributed by atoms with van der Waals surface area (Å²) < 4.78 is 5.29. The minimum atomic E-state index is -0.284. The molecule has 2 aliphatic rings. The smallest absolute Gasteiger partial charge is 0.409 e. The molecule has 2 heterocycles. The van der Waals surface area contributed by atoms with Gasteiger partial charge in [-0.05, 0) is 47.7 Å². The van der Waals surface area contributed by atoms with Crippen molar-refractivity contribution in [2.45, 2.75) is 26.8 Å². The van der Waals surface area contributed by atoms with E-state index < -0.39 is 0 Å². The number of piperazine rings is 1. The molecule has 0 aliphatic carbocycles. The van der Waals surface area contributed by atoms with Crippen LogP contribution in [0.4, 0.5) is 10.5 Å². The molecule has 2 aromatic carbocycles. The predicted octanol–water partition coefficient (Wildman–Crippen LogP) is 3.80. The van der Waals surface area contributed by atoms with Gasteiger partial charge in [-0.1, -0.05) is 38.1 Å². The molecule has 1 saturated heterocycles. The van der Waals surface area contributed by atoms with Crippen LogP contribution in [-0.4, -0.2) is 61.1 Å². The van der Waals surface area contributed by atoms with Crippen molar-refractivity contribution in [1.29, 1.82) is 0 Å². The van der Waals surface area contributed by atoms with E-state index in [9.17, 15) is 9.59 Å². The van der Waals surface area contributed by atoms with Crippen LogP contribution in [0, 0.1) is 5.92 Å². The van der Waals surface area contributed by atoms with Gasteiger partial charge in [0, 0.05) is 50.5 Å². The Morgan fingerprint density at radius 2 is 1.52 bits per heavy atom. The molecule has 0 unspecified atom stereocenters. The highest BCUT2D eigenvalue weighted by molar-refractivity contribution is 5.94. The number of nitrogens with zero attached hydrogens (tertiary/aromatic N) is 3. The Labute approximate surface area is 184 Å². The van der Waals surface area contributed by atoms with E-state index >= 15 is 0 Å². The summed E-state index contributed by atoms with van der Waals surface area (Å²) in [4.78, 5) is 30.9. The Hall–Kier alpha value is -3.02. The molecule has 1 fully saturated rings. The average Bonchev–Trinajstić information content (AvgIpc) is 2.82. The van der Waals surface area contributed by atoms with Crippen LogP contribution in [0.25, 0.3) is 0 Å². The molecule has 6 nitrogen and oxygen atoms in total. The summed E-state index contributed by atoms with van der Waals surface area (Å²) in [6.07, 6.45) is 0.758. The van der Waals surface area contributed by atoms with E-state index in [1.54, 1.807) is 4.90 Å². The highest BCUT2D eigenvalue weighted by atomic mass is 16.6. The second kappa shape index (κ2) is 9.41. The predicted molar refractivity (Wildman–Crippen MR) is 121 cm³/mol. The Balaban J connectivity index is 1.32. The van der Waals surface area contributed by atoms with Crippen LogP contribution in [0.15, 0.2) is 48.5 Å². The Bertz CT molecular complexity index is 918. The highest BCUT2D eigenvalue weighted by Gasteiger charge is 2.26. The van der Waals surface area contributed by atoms with Crippen LogP contribution >= 0.6 is 0 Å². The fourth-order valence-corrected chi connectivity index (χ4v) is 4.13. The summed E-state index contributed by atoms with van der Waals surface area (Å²) in [5, 5.41) is 0. The summed E-state index contributed by atoms with van der Waals surface area (Å²) in [6.45, 7) is 8.41. The van der Waals surface area contributed by atoms with E-state index in [0.717, 1.165) is 25.2 Å². The van der Waals surface area contributed by atoms with Crippen molar-refractivity contribution in [3.05, 3.63) is 65.2 Å². The number of fused-ring (bicyclic) bond motifs is 1. The Morgan fingerprint density at radius 1 is 0.871 bits per heavy atom. The molecular formula is C25H31N3O3. The minimum absolute atomic E-state index is 0.0192. The third-order valence-electron chi connectivity index (χ3n) is 5.98. The van der Waals surface area contributed by atoms with Crippen molar-refractivity contribution in [3.63, 3.8) is 0 Å². The molecule has 164 valence electrons. The molecule has 0 N–H and O–H groups in total. The first-order valence-electron chi connectivity index (χ1n) is 11.1. The third-order valence-corrected chi connectivity index (χ3v) is 5.98. The Kier molecular flexibility index (Phi) is 6.44. The molecule has 0 bridgehead atoms. The zero-order valence-electron chi connectivity index (χ0n) is 18.4. The number of rotatable bonds is 4. The van der Waals surface area contributed by atoms with E-state index in [2.05, 4.69) is 29.2 Å².